The van der Waals surface area contributed by atoms with Gasteiger partial charge in [0.25, 0.3) is 5.91 Å². The standard InChI is InChI=1S/C30H33N5O3/c1-33-26-15-23(9-10-24(26)25(32-33)18-38-2)20-3-5-21(6-4-20)27-31-30(12-13-30)29(37)35(27)17-19-11-14-34(16-19)28(36)22-7-8-22/h3-6,9-10,15,19,22H,7-8,11-14,16-18H2,1-2H3/t19-/m1/s1. The Labute approximate surface area is 222 Å². The van der Waals surface area contributed by atoms with Crippen molar-refractivity contribution in [3.8, 4) is 11.1 Å². The molecule has 196 valence electrons. The zero-order chi connectivity index (χ0) is 26.0. The maximum absolute atomic E-state index is 13.4. The zero-order valence-corrected chi connectivity index (χ0v) is 22.0. The number of amidine groups is 1. The number of aliphatic imine (C=N–C) groups is 1. The lowest BCUT2D eigenvalue weighted by Crippen LogP contribution is -2.40. The van der Waals surface area contributed by atoms with Crippen LogP contribution in [0, 0.1) is 11.8 Å². The van der Waals surface area contributed by atoms with E-state index in [0.29, 0.717) is 25.0 Å². The number of nitrogens with zero attached hydrogens (tertiary/aromatic N) is 5. The number of aryl methyl sites for hydroxylation is 1. The molecule has 1 aromatic heterocycles. The number of methoxy groups -OCH3 is 1. The average molecular weight is 512 g/mol. The SMILES string of the molecule is COCc1nn(C)c2cc(-c3ccc(C4=NC5(CC5)C(=O)N4C[C@@H]4CCN(C(=O)C5CC5)C4)cc3)ccc12. The monoisotopic (exact) mass is 511 g/mol. The van der Waals surface area contributed by atoms with Gasteiger partial charge in [-0.25, -0.2) is 0 Å². The summed E-state index contributed by atoms with van der Waals surface area (Å²) in [7, 11) is 3.64. The van der Waals surface area contributed by atoms with Gasteiger partial charge < -0.3 is 9.64 Å². The van der Waals surface area contributed by atoms with Gasteiger partial charge in [0.15, 0.2) is 0 Å². The van der Waals surface area contributed by atoms with Crippen molar-refractivity contribution in [3.63, 3.8) is 0 Å². The lowest BCUT2D eigenvalue weighted by Gasteiger charge is -2.23. The highest BCUT2D eigenvalue weighted by molar-refractivity contribution is 6.16. The van der Waals surface area contributed by atoms with E-state index in [4.69, 9.17) is 9.73 Å². The summed E-state index contributed by atoms with van der Waals surface area (Å²) in [5.41, 5.74) is 4.65. The molecule has 38 heavy (non-hydrogen) atoms. The van der Waals surface area contributed by atoms with Gasteiger partial charge in [0.1, 0.15) is 11.4 Å². The molecule has 2 aliphatic carbocycles. The van der Waals surface area contributed by atoms with Gasteiger partial charge in [0, 0.05) is 50.7 Å². The van der Waals surface area contributed by atoms with Crippen LogP contribution in [0.3, 0.4) is 0 Å². The highest BCUT2D eigenvalue weighted by atomic mass is 16.5. The van der Waals surface area contributed by atoms with E-state index >= 15 is 0 Å². The van der Waals surface area contributed by atoms with Crippen molar-refractivity contribution >= 4 is 28.6 Å². The molecule has 2 saturated carbocycles. The van der Waals surface area contributed by atoms with E-state index in [1.54, 1.807) is 7.11 Å². The van der Waals surface area contributed by atoms with E-state index in [1.807, 2.05) is 21.5 Å². The Hall–Kier alpha value is -3.52. The third-order valence-corrected chi connectivity index (χ3v) is 8.59. The molecule has 0 unspecified atom stereocenters. The number of rotatable bonds is 7. The van der Waals surface area contributed by atoms with Gasteiger partial charge in [-0.05, 0) is 55.2 Å². The Kier molecular flexibility index (Phi) is 5.44. The number of aromatic nitrogens is 2. The number of carbonyl (C=O) groups is 2. The molecule has 0 N–H and O–H groups in total. The second kappa shape index (κ2) is 8.76. The lowest BCUT2D eigenvalue weighted by atomic mass is 10.0. The van der Waals surface area contributed by atoms with Crippen LogP contribution in [-0.2, 0) is 28.0 Å². The molecule has 1 spiro atoms. The summed E-state index contributed by atoms with van der Waals surface area (Å²) >= 11 is 0. The Balaban J connectivity index is 1.12. The smallest absolute Gasteiger partial charge is 0.256 e. The summed E-state index contributed by atoms with van der Waals surface area (Å²) in [5.74, 6) is 1.78. The van der Waals surface area contributed by atoms with Crippen LogP contribution in [0.15, 0.2) is 47.5 Å². The molecule has 1 atom stereocenters. The van der Waals surface area contributed by atoms with Gasteiger partial charge in [-0.3, -0.25) is 24.2 Å². The van der Waals surface area contributed by atoms with Crippen LogP contribution in [0.4, 0.5) is 0 Å². The zero-order valence-electron chi connectivity index (χ0n) is 22.0. The molecule has 0 bridgehead atoms. The number of fused-ring (bicyclic) bond motifs is 1. The molecule has 2 amide bonds. The summed E-state index contributed by atoms with van der Waals surface area (Å²) < 4.78 is 7.20. The molecule has 8 nitrogen and oxygen atoms in total. The first-order valence-corrected chi connectivity index (χ1v) is 13.7. The number of ether oxygens (including phenoxy) is 1. The topological polar surface area (TPSA) is 80.0 Å². The van der Waals surface area contributed by atoms with E-state index in [-0.39, 0.29) is 11.8 Å². The van der Waals surface area contributed by atoms with Crippen molar-refractivity contribution in [1.29, 1.82) is 0 Å². The Bertz CT molecular complexity index is 1470. The molecular weight excluding hydrogens is 478 g/mol. The van der Waals surface area contributed by atoms with E-state index in [2.05, 4.69) is 47.6 Å². The molecule has 3 heterocycles. The Morgan fingerprint density at radius 1 is 1.05 bits per heavy atom. The lowest BCUT2D eigenvalue weighted by molar-refractivity contribution is -0.131. The van der Waals surface area contributed by atoms with Gasteiger partial charge in [0.05, 0.1) is 17.8 Å². The first-order valence-electron chi connectivity index (χ1n) is 13.7. The number of benzene rings is 2. The van der Waals surface area contributed by atoms with Crippen molar-refractivity contribution in [2.24, 2.45) is 23.9 Å². The van der Waals surface area contributed by atoms with Gasteiger partial charge in [-0.2, -0.15) is 5.10 Å². The van der Waals surface area contributed by atoms with Gasteiger partial charge in [0.2, 0.25) is 5.91 Å². The predicted octanol–water partition coefficient (Wildman–Crippen LogP) is 3.77. The molecule has 7 rings (SSSR count). The molecule has 1 saturated heterocycles. The molecule has 2 aliphatic heterocycles. The van der Waals surface area contributed by atoms with Crippen LogP contribution < -0.4 is 0 Å². The van der Waals surface area contributed by atoms with Gasteiger partial charge >= 0.3 is 0 Å². The van der Waals surface area contributed by atoms with Crippen molar-refractivity contribution in [2.75, 3.05) is 26.7 Å². The number of hydrogen-bond donors (Lipinski definition) is 0. The fraction of sp³-hybridized carbons (Fsp3) is 0.467. The molecule has 4 aliphatic rings. The fourth-order valence-electron chi connectivity index (χ4n) is 6.09. The van der Waals surface area contributed by atoms with Gasteiger partial charge in [-0.15, -0.1) is 0 Å². The van der Waals surface area contributed by atoms with Crippen molar-refractivity contribution < 1.29 is 14.3 Å². The van der Waals surface area contributed by atoms with E-state index in [9.17, 15) is 9.59 Å². The van der Waals surface area contributed by atoms with E-state index in [1.165, 1.54) is 0 Å². The molecule has 8 heteroatoms. The summed E-state index contributed by atoms with van der Waals surface area (Å²) in [4.78, 5) is 34.8. The summed E-state index contributed by atoms with van der Waals surface area (Å²) in [5, 5.41) is 5.70. The Morgan fingerprint density at radius 2 is 1.79 bits per heavy atom. The third kappa shape index (κ3) is 3.93. The molecule has 2 aromatic carbocycles. The number of hydrogen-bond acceptors (Lipinski definition) is 5. The minimum Gasteiger partial charge on any atom is -0.378 e. The van der Waals surface area contributed by atoms with E-state index in [0.717, 1.165) is 84.3 Å². The van der Waals surface area contributed by atoms with E-state index < -0.39 is 5.54 Å². The summed E-state index contributed by atoms with van der Waals surface area (Å²) in [6, 6.07) is 14.8. The second-order valence-corrected chi connectivity index (χ2v) is 11.4. The number of likely N-dealkylation sites (tertiary alicyclic amines) is 1. The molecular formula is C30H33N5O3. The van der Waals surface area contributed by atoms with Gasteiger partial charge in [-0.1, -0.05) is 36.4 Å². The van der Waals surface area contributed by atoms with Crippen molar-refractivity contribution in [1.82, 2.24) is 19.6 Å². The summed E-state index contributed by atoms with van der Waals surface area (Å²) in [6.45, 7) is 2.68. The largest absolute Gasteiger partial charge is 0.378 e. The molecule has 3 aromatic rings. The Morgan fingerprint density at radius 3 is 2.50 bits per heavy atom. The van der Waals surface area contributed by atoms with Crippen LogP contribution >= 0.6 is 0 Å². The number of carbonyl (C=O) groups excluding carboxylic acids is 2. The maximum atomic E-state index is 13.4. The van der Waals surface area contributed by atoms with Crippen molar-refractivity contribution in [2.45, 2.75) is 44.2 Å². The quantitative estimate of drug-likeness (QED) is 0.484. The molecule has 3 fully saturated rings. The minimum atomic E-state index is -0.541. The first kappa shape index (κ1) is 23.6. The fourth-order valence-corrected chi connectivity index (χ4v) is 6.09. The number of amides is 2. The minimum absolute atomic E-state index is 0.136. The molecule has 0 radical (unpaired) electrons. The normalized spacial score (nSPS) is 22.1. The maximum Gasteiger partial charge on any atom is 0.256 e. The van der Waals surface area contributed by atoms with Crippen LogP contribution in [0.1, 0.15) is 43.4 Å². The highest BCUT2D eigenvalue weighted by Crippen LogP contribution is 2.46. The van der Waals surface area contributed by atoms with Crippen LogP contribution in [-0.4, -0.2) is 69.5 Å². The highest BCUT2D eigenvalue weighted by Gasteiger charge is 2.57. The third-order valence-electron chi connectivity index (χ3n) is 8.59. The average Bonchev–Trinajstić information content (AvgIpc) is 3.84. The van der Waals surface area contributed by atoms with Crippen LogP contribution in [0.25, 0.3) is 22.0 Å². The van der Waals surface area contributed by atoms with Crippen LogP contribution in [0.2, 0.25) is 0 Å². The predicted molar refractivity (Wildman–Crippen MR) is 144 cm³/mol. The first-order chi connectivity index (χ1) is 18.5. The second-order valence-electron chi connectivity index (χ2n) is 11.4. The van der Waals surface area contributed by atoms with Crippen molar-refractivity contribution in [3.05, 3.63) is 53.7 Å². The summed E-state index contributed by atoms with van der Waals surface area (Å²) in [6.07, 6.45) is 4.67. The van der Waals surface area contributed by atoms with Crippen LogP contribution in [0.5, 0.6) is 0 Å².